The van der Waals surface area contributed by atoms with Crippen LogP contribution in [-0.2, 0) is 28.5 Å². The summed E-state index contributed by atoms with van der Waals surface area (Å²) in [4.78, 5) is 63.7. The van der Waals surface area contributed by atoms with Gasteiger partial charge in [0.15, 0.2) is 17.2 Å². The first-order valence-electron chi connectivity index (χ1n) is 23.2. The van der Waals surface area contributed by atoms with E-state index in [1.165, 1.54) is 20.3 Å². The van der Waals surface area contributed by atoms with Gasteiger partial charge in [0, 0.05) is 89.8 Å². The summed E-state index contributed by atoms with van der Waals surface area (Å²) in [7, 11) is 3.53. The number of hydrogen-bond donors (Lipinski definition) is 3. The van der Waals surface area contributed by atoms with Crippen molar-refractivity contribution in [2.45, 2.75) is 87.3 Å². The highest BCUT2D eigenvalue weighted by atomic mass is 19.3. The topological polar surface area (TPSA) is 157 Å². The molecular weight excluding hydrogens is 835 g/mol. The van der Waals surface area contributed by atoms with E-state index in [4.69, 9.17) is 5.10 Å². The zero-order valence-corrected chi connectivity index (χ0v) is 36.8. The third-order valence-electron chi connectivity index (χ3n) is 15.8. The van der Waals surface area contributed by atoms with Gasteiger partial charge in [-0.3, -0.25) is 38.6 Å². The van der Waals surface area contributed by atoms with E-state index in [0.717, 1.165) is 67.9 Å². The highest BCUT2D eigenvalue weighted by Crippen LogP contribution is 2.74. The van der Waals surface area contributed by atoms with Crippen LogP contribution in [0.15, 0.2) is 53.5 Å². The van der Waals surface area contributed by atoms with Gasteiger partial charge in [-0.25, -0.2) is 23.1 Å². The van der Waals surface area contributed by atoms with Crippen LogP contribution in [0.1, 0.15) is 79.0 Å². The zero-order valence-electron chi connectivity index (χ0n) is 36.8. The zero-order chi connectivity index (χ0) is 44.6. The van der Waals surface area contributed by atoms with Gasteiger partial charge in [0.25, 0.3) is 11.8 Å². The Balaban J connectivity index is 0.676. The summed E-state index contributed by atoms with van der Waals surface area (Å²) in [5, 5.41) is 13.6. The van der Waals surface area contributed by atoms with E-state index in [1.807, 2.05) is 41.1 Å². The standard InChI is InChI=1S/C47H54F2N12O4/c1-50-32-21-39(54-61-37(22-51-41(32)61)43(64)52-28-6-7-28)59-15-12-30-31(4-3-5-33(30)59)46-23-45(24-46,25-46)26-56-14-13-38(47(48,49)27-56)58-18-16-57(17-19-58)29-8-9-34-36(20-29)55(2)44(65)60(34)35-10-11-40(62)53-42(35)63/h3-5,8-9,20-22,28,35,38,50H,6-7,10-19,23-27H2,1-2H3,(H,52,64)(H,53,62,63). The molecule has 13 rings (SSSR count). The number of piperidine rings is 2. The number of anilines is 4. The van der Waals surface area contributed by atoms with E-state index in [-0.39, 0.29) is 53.8 Å². The number of imidazole rings is 2. The fraction of sp³-hybridized carbons (Fsp3) is 0.532. The van der Waals surface area contributed by atoms with Crippen molar-refractivity contribution >= 4 is 57.3 Å². The molecule has 0 spiro atoms. The van der Waals surface area contributed by atoms with Crippen molar-refractivity contribution in [1.29, 1.82) is 0 Å². The Morgan fingerprint density at radius 1 is 0.923 bits per heavy atom. The number of aryl methyl sites for hydroxylation is 1. The second kappa shape index (κ2) is 14.6. The lowest BCUT2D eigenvalue weighted by molar-refractivity contribution is -0.182. The third-order valence-corrected chi connectivity index (χ3v) is 15.8. The van der Waals surface area contributed by atoms with Crippen LogP contribution in [0.2, 0.25) is 0 Å². The second-order valence-electron chi connectivity index (χ2n) is 20.0. The van der Waals surface area contributed by atoms with Gasteiger partial charge < -0.3 is 20.4 Å². The molecule has 5 aromatic rings. The van der Waals surface area contributed by atoms with E-state index in [1.54, 1.807) is 17.8 Å². The molecule has 16 nitrogen and oxygen atoms in total. The monoisotopic (exact) mass is 888 g/mol. The van der Waals surface area contributed by atoms with Gasteiger partial charge in [-0.15, -0.1) is 5.10 Å². The van der Waals surface area contributed by atoms with Gasteiger partial charge in [-0.05, 0) is 97.6 Å². The first-order chi connectivity index (χ1) is 31.3. The Morgan fingerprint density at radius 2 is 1.72 bits per heavy atom. The summed E-state index contributed by atoms with van der Waals surface area (Å²) in [6, 6.07) is 12.9. The number of alkyl halides is 2. The maximum absolute atomic E-state index is 16.2. The molecule has 2 aromatic carbocycles. The summed E-state index contributed by atoms with van der Waals surface area (Å²) in [6.07, 6.45) is 8.41. The Morgan fingerprint density at radius 3 is 2.46 bits per heavy atom. The molecule has 8 aliphatic rings. The normalized spacial score (nSPS) is 27.7. The Bertz CT molecular complexity index is 2860. The molecule has 3 aromatic heterocycles. The minimum Gasteiger partial charge on any atom is -0.385 e. The number of carbonyl (C=O) groups excluding carboxylic acids is 3. The molecule has 3 saturated heterocycles. The quantitative estimate of drug-likeness (QED) is 0.175. The van der Waals surface area contributed by atoms with E-state index < -0.39 is 23.9 Å². The van der Waals surface area contributed by atoms with Crippen molar-refractivity contribution in [2.75, 3.05) is 74.5 Å². The molecule has 0 radical (unpaired) electrons. The van der Waals surface area contributed by atoms with Crippen LogP contribution in [0.5, 0.6) is 0 Å². The molecule has 3 amide bonds. The molecule has 340 valence electrons. The van der Waals surface area contributed by atoms with Gasteiger partial charge >= 0.3 is 5.69 Å². The van der Waals surface area contributed by atoms with Crippen LogP contribution in [0.3, 0.4) is 0 Å². The number of fused-ring (bicyclic) bond motifs is 3. The van der Waals surface area contributed by atoms with Crippen molar-refractivity contribution < 1.29 is 23.2 Å². The smallest absolute Gasteiger partial charge is 0.329 e. The average Bonchev–Trinajstić information content (AvgIpc) is 3.70. The fourth-order valence-electron chi connectivity index (χ4n) is 12.7. The molecule has 3 N–H and O–H groups in total. The van der Waals surface area contributed by atoms with Crippen LogP contribution in [-0.4, -0.2) is 129 Å². The van der Waals surface area contributed by atoms with Crippen LogP contribution in [0, 0.1) is 5.41 Å². The predicted octanol–water partition coefficient (Wildman–Crippen LogP) is 3.94. The molecule has 2 unspecified atom stereocenters. The van der Waals surface area contributed by atoms with Crippen molar-refractivity contribution in [3.05, 3.63) is 76.0 Å². The Hall–Kier alpha value is -5.88. The number of halogens is 2. The highest BCUT2D eigenvalue weighted by Gasteiger charge is 2.69. The van der Waals surface area contributed by atoms with E-state index in [0.29, 0.717) is 68.1 Å². The summed E-state index contributed by atoms with van der Waals surface area (Å²) in [5.41, 5.74) is 7.75. The van der Waals surface area contributed by atoms with E-state index >= 15 is 8.78 Å². The lowest BCUT2D eigenvalue weighted by atomic mass is 9.33. The van der Waals surface area contributed by atoms with Gasteiger partial charge in [-0.1, -0.05) is 12.1 Å². The van der Waals surface area contributed by atoms with Crippen LogP contribution in [0.4, 0.5) is 31.7 Å². The number of piperazine rings is 1. The van der Waals surface area contributed by atoms with E-state index in [2.05, 4.69) is 48.9 Å². The van der Waals surface area contributed by atoms with Crippen molar-refractivity contribution in [3.63, 3.8) is 0 Å². The minimum absolute atomic E-state index is 0.0795. The third kappa shape index (κ3) is 6.48. The maximum Gasteiger partial charge on any atom is 0.329 e. The Kier molecular flexibility index (Phi) is 9.10. The summed E-state index contributed by atoms with van der Waals surface area (Å²) in [6.45, 7) is 4.13. The van der Waals surface area contributed by atoms with Crippen molar-refractivity contribution in [2.24, 2.45) is 12.5 Å². The lowest BCUT2D eigenvalue weighted by Gasteiger charge is -2.72. The molecule has 4 aliphatic heterocycles. The number of hydrogen-bond acceptors (Lipinski definition) is 11. The first-order valence-corrected chi connectivity index (χ1v) is 23.2. The molecule has 2 atom stereocenters. The molecule has 4 aliphatic carbocycles. The number of rotatable bonds is 10. The van der Waals surface area contributed by atoms with Crippen LogP contribution in [0.25, 0.3) is 16.7 Å². The van der Waals surface area contributed by atoms with Gasteiger partial charge in [-0.2, -0.15) is 0 Å². The minimum atomic E-state index is -2.83. The summed E-state index contributed by atoms with van der Waals surface area (Å²) in [5.74, 6) is -3.04. The molecular formula is C47H54F2N12O4. The first kappa shape index (κ1) is 40.6. The molecule has 4 saturated carbocycles. The molecule has 65 heavy (non-hydrogen) atoms. The van der Waals surface area contributed by atoms with Crippen molar-refractivity contribution in [1.82, 2.24) is 44.2 Å². The number of likely N-dealkylation sites (tertiary alicyclic amines) is 1. The number of aromatic nitrogens is 5. The number of amides is 3. The number of nitrogens with zero attached hydrogens (tertiary/aromatic N) is 9. The van der Waals surface area contributed by atoms with E-state index in [9.17, 15) is 19.2 Å². The van der Waals surface area contributed by atoms with Gasteiger partial charge in [0.05, 0.1) is 35.5 Å². The van der Waals surface area contributed by atoms with Gasteiger partial charge in [0.2, 0.25) is 11.8 Å². The lowest BCUT2D eigenvalue weighted by Crippen LogP contribution is -2.70. The summed E-state index contributed by atoms with van der Waals surface area (Å²) >= 11 is 0. The molecule has 7 fully saturated rings. The second-order valence-corrected chi connectivity index (χ2v) is 20.0. The van der Waals surface area contributed by atoms with Crippen LogP contribution < -0.4 is 31.4 Å². The Labute approximate surface area is 373 Å². The number of nitrogens with one attached hydrogen (secondary N) is 3. The predicted molar refractivity (Wildman–Crippen MR) is 240 cm³/mol. The van der Waals surface area contributed by atoms with Crippen molar-refractivity contribution in [3.8, 4) is 0 Å². The summed E-state index contributed by atoms with van der Waals surface area (Å²) < 4.78 is 37.0. The molecule has 18 heteroatoms. The number of benzene rings is 2. The number of carbonyl (C=O) groups is 3. The number of imide groups is 1. The average molecular weight is 889 g/mol. The van der Waals surface area contributed by atoms with Crippen LogP contribution >= 0.6 is 0 Å². The molecule has 2 bridgehead atoms. The maximum atomic E-state index is 16.2. The van der Waals surface area contributed by atoms with Gasteiger partial charge in [0.1, 0.15) is 6.04 Å². The fourth-order valence-corrected chi connectivity index (χ4v) is 12.7. The SMILES string of the molecule is CNc1cc(N2CCc3c2cccc3C23CC(CN4CCC(N5CCN(c6ccc7c(c6)n(C)c(=O)n7C6CCC(=O)NC6=O)CC5)C(F)(F)C4)(C2)C3)nn2c(C(=O)NC3CC3)cnc12. The highest BCUT2D eigenvalue weighted by molar-refractivity contribution is 6.00. The largest absolute Gasteiger partial charge is 0.385 e. The molecule has 7 heterocycles.